The second-order valence-corrected chi connectivity index (χ2v) is 5.87. The van der Waals surface area contributed by atoms with E-state index in [1.165, 1.54) is 0 Å². The lowest BCUT2D eigenvalue weighted by Gasteiger charge is -2.26. The van der Waals surface area contributed by atoms with E-state index in [0.717, 1.165) is 38.3 Å². The van der Waals surface area contributed by atoms with Gasteiger partial charge in [-0.05, 0) is 12.1 Å². The fourth-order valence-electron chi connectivity index (χ4n) is 2.52. The first kappa shape index (κ1) is 18.7. The number of hydrogen-bond donors (Lipinski definition) is 2. The Balaban J connectivity index is 0.00000208. The van der Waals surface area contributed by atoms with Crippen LogP contribution in [0.3, 0.4) is 0 Å². The van der Waals surface area contributed by atoms with Crippen molar-refractivity contribution in [2.75, 3.05) is 39.3 Å². The number of nitrogens with zero attached hydrogens (tertiary/aromatic N) is 2. The largest absolute Gasteiger partial charge is 0.350 e. The number of piperazine rings is 1. The van der Waals surface area contributed by atoms with Crippen LogP contribution in [0.4, 0.5) is 0 Å². The van der Waals surface area contributed by atoms with Crippen LogP contribution in [-0.4, -0.2) is 55.2 Å². The van der Waals surface area contributed by atoms with Gasteiger partial charge in [-0.15, -0.1) is 12.4 Å². The Morgan fingerprint density at radius 1 is 1.33 bits per heavy atom. The normalized spacial score (nSPS) is 14.9. The lowest BCUT2D eigenvalue weighted by atomic mass is 10.1. The van der Waals surface area contributed by atoms with E-state index < -0.39 is 0 Å². The summed E-state index contributed by atoms with van der Waals surface area (Å²) in [6.45, 7) is 5.45. The summed E-state index contributed by atoms with van der Waals surface area (Å²) in [6, 6.07) is 8.90. The molecule has 130 valence electrons. The second kappa shape index (κ2) is 9.03. The Labute approximate surface area is 151 Å². The Morgan fingerprint density at radius 3 is 2.88 bits per heavy atom. The molecule has 0 saturated carbocycles. The molecule has 0 bridgehead atoms. The van der Waals surface area contributed by atoms with E-state index in [-0.39, 0.29) is 24.1 Å². The maximum atomic E-state index is 12.1. The standard InChI is InChI=1S/C16H19ClN4O2.ClH/c17-13-3-1-2-12(10-13)14-11-15(23-20-14)16(22)19-6-9-21-7-4-18-5-8-21;/h1-3,10-11,18H,4-9H2,(H,19,22);1H. The van der Waals surface area contributed by atoms with Crippen molar-refractivity contribution < 1.29 is 9.32 Å². The van der Waals surface area contributed by atoms with Crippen LogP contribution in [0.25, 0.3) is 11.3 Å². The predicted molar refractivity (Wildman–Crippen MR) is 95.8 cm³/mol. The van der Waals surface area contributed by atoms with Crippen LogP contribution in [0.5, 0.6) is 0 Å². The third-order valence-corrected chi connectivity index (χ3v) is 4.01. The van der Waals surface area contributed by atoms with Gasteiger partial charge in [0.1, 0.15) is 5.69 Å². The molecule has 1 aromatic carbocycles. The summed E-state index contributed by atoms with van der Waals surface area (Å²) in [5.41, 5.74) is 1.42. The van der Waals surface area contributed by atoms with Crippen LogP contribution in [0.15, 0.2) is 34.9 Å². The smallest absolute Gasteiger partial charge is 0.289 e. The number of halogens is 2. The van der Waals surface area contributed by atoms with Crippen LogP contribution in [0.1, 0.15) is 10.6 Å². The molecule has 2 heterocycles. The predicted octanol–water partition coefficient (Wildman–Crippen LogP) is 2.05. The van der Waals surface area contributed by atoms with Gasteiger partial charge in [-0.1, -0.05) is 28.9 Å². The van der Waals surface area contributed by atoms with Gasteiger partial charge in [0.05, 0.1) is 0 Å². The van der Waals surface area contributed by atoms with Gasteiger partial charge in [0.15, 0.2) is 0 Å². The molecule has 1 fully saturated rings. The fourth-order valence-corrected chi connectivity index (χ4v) is 2.71. The highest BCUT2D eigenvalue weighted by Crippen LogP contribution is 2.22. The van der Waals surface area contributed by atoms with Crippen LogP contribution < -0.4 is 10.6 Å². The van der Waals surface area contributed by atoms with E-state index in [2.05, 4.69) is 20.7 Å². The summed E-state index contributed by atoms with van der Waals surface area (Å²) in [5, 5.41) is 10.7. The molecule has 1 amide bonds. The molecule has 3 rings (SSSR count). The van der Waals surface area contributed by atoms with Crippen LogP contribution in [0.2, 0.25) is 5.02 Å². The molecule has 8 heteroatoms. The molecule has 0 atom stereocenters. The summed E-state index contributed by atoms with van der Waals surface area (Å²) in [4.78, 5) is 14.4. The minimum atomic E-state index is -0.249. The maximum absolute atomic E-state index is 12.1. The Morgan fingerprint density at radius 2 is 2.12 bits per heavy atom. The van der Waals surface area contributed by atoms with Crippen molar-refractivity contribution in [2.24, 2.45) is 0 Å². The molecule has 2 aromatic rings. The lowest BCUT2D eigenvalue weighted by Crippen LogP contribution is -2.46. The fraction of sp³-hybridized carbons (Fsp3) is 0.375. The number of hydrogen-bond acceptors (Lipinski definition) is 5. The van der Waals surface area contributed by atoms with E-state index in [9.17, 15) is 4.79 Å². The molecule has 1 aliphatic rings. The van der Waals surface area contributed by atoms with Gasteiger partial charge in [-0.25, -0.2) is 0 Å². The number of amides is 1. The van der Waals surface area contributed by atoms with Crippen molar-refractivity contribution in [1.29, 1.82) is 0 Å². The number of carbonyl (C=O) groups excluding carboxylic acids is 1. The molecule has 0 unspecified atom stereocenters. The van der Waals surface area contributed by atoms with Crippen molar-refractivity contribution in [1.82, 2.24) is 20.7 Å². The third-order valence-electron chi connectivity index (χ3n) is 3.78. The van der Waals surface area contributed by atoms with Gasteiger partial charge in [-0.2, -0.15) is 0 Å². The highest BCUT2D eigenvalue weighted by molar-refractivity contribution is 6.30. The number of benzene rings is 1. The van der Waals surface area contributed by atoms with Gasteiger partial charge < -0.3 is 15.2 Å². The minimum Gasteiger partial charge on any atom is -0.350 e. The first-order valence-electron chi connectivity index (χ1n) is 7.66. The Bertz CT molecular complexity index is 672. The summed E-state index contributed by atoms with van der Waals surface area (Å²) >= 11 is 5.96. The van der Waals surface area contributed by atoms with Gasteiger partial charge in [0, 0.05) is 55.9 Å². The van der Waals surface area contributed by atoms with Gasteiger partial charge in [0.25, 0.3) is 5.91 Å². The van der Waals surface area contributed by atoms with Gasteiger partial charge >= 0.3 is 0 Å². The molecule has 0 spiro atoms. The summed E-state index contributed by atoms with van der Waals surface area (Å²) in [6.07, 6.45) is 0. The molecule has 0 aliphatic carbocycles. The van der Waals surface area contributed by atoms with Crippen molar-refractivity contribution in [3.05, 3.63) is 41.1 Å². The average molecular weight is 371 g/mol. The maximum Gasteiger partial charge on any atom is 0.289 e. The SMILES string of the molecule is Cl.O=C(NCCN1CCNCC1)c1cc(-c2cccc(Cl)c2)no1. The van der Waals surface area contributed by atoms with Crippen LogP contribution in [-0.2, 0) is 0 Å². The lowest BCUT2D eigenvalue weighted by molar-refractivity contribution is 0.0910. The summed E-state index contributed by atoms with van der Waals surface area (Å²) in [7, 11) is 0. The number of carbonyl (C=O) groups is 1. The van der Waals surface area contributed by atoms with Crippen LogP contribution in [0, 0.1) is 0 Å². The molecule has 24 heavy (non-hydrogen) atoms. The van der Waals surface area contributed by atoms with Gasteiger partial charge in [0.2, 0.25) is 5.76 Å². The monoisotopic (exact) mass is 370 g/mol. The van der Waals surface area contributed by atoms with Crippen molar-refractivity contribution in [3.8, 4) is 11.3 Å². The zero-order chi connectivity index (χ0) is 16.1. The summed E-state index contributed by atoms with van der Waals surface area (Å²) < 4.78 is 5.13. The van der Waals surface area contributed by atoms with Crippen LogP contribution >= 0.6 is 24.0 Å². The van der Waals surface area contributed by atoms with Crippen molar-refractivity contribution in [3.63, 3.8) is 0 Å². The molecule has 1 saturated heterocycles. The first-order chi connectivity index (χ1) is 11.2. The third kappa shape index (κ3) is 4.95. The Kier molecular flexibility index (Phi) is 7.05. The zero-order valence-corrected chi connectivity index (χ0v) is 14.7. The molecular formula is C16H20Cl2N4O2. The quantitative estimate of drug-likeness (QED) is 0.842. The second-order valence-electron chi connectivity index (χ2n) is 5.43. The number of aromatic nitrogens is 1. The molecular weight excluding hydrogens is 351 g/mol. The van der Waals surface area contributed by atoms with E-state index in [1.54, 1.807) is 18.2 Å². The zero-order valence-electron chi connectivity index (χ0n) is 13.1. The van der Waals surface area contributed by atoms with Crippen molar-refractivity contribution in [2.45, 2.75) is 0 Å². The topological polar surface area (TPSA) is 70.4 Å². The summed E-state index contributed by atoms with van der Waals surface area (Å²) in [5.74, 6) is -0.0406. The number of nitrogens with one attached hydrogen (secondary N) is 2. The highest BCUT2D eigenvalue weighted by atomic mass is 35.5. The average Bonchev–Trinajstić information content (AvgIpc) is 3.06. The van der Waals surface area contributed by atoms with E-state index in [4.69, 9.17) is 16.1 Å². The molecule has 2 N–H and O–H groups in total. The van der Waals surface area contributed by atoms with Gasteiger partial charge in [-0.3, -0.25) is 9.69 Å². The minimum absolute atomic E-state index is 0. The number of rotatable bonds is 5. The van der Waals surface area contributed by atoms with E-state index in [0.29, 0.717) is 17.3 Å². The molecule has 1 aromatic heterocycles. The highest BCUT2D eigenvalue weighted by Gasteiger charge is 2.15. The van der Waals surface area contributed by atoms with E-state index >= 15 is 0 Å². The molecule has 1 aliphatic heterocycles. The van der Waals surface area contributed by atoms with Crippen molar-refractivity contribution >= 4 is 29.9 Å². The Hall–Kier alpha value is -1.60. The first-order valence-corrected chi connectivity index (χ1v) is 8.04. The molecule has 0 radical (unpaired) electrons. The van der Waals surface area contributed by atoms with E-state index in [1.807, 2.05) is 12.1 Å². The molecule has 6 nitrogen and oxygen atoms in total.